The minimum absolute atomic E-state index is 0.00295. The number of hydrogen-bond donors (Lipinski definition) is 0. The van der Waals surface area contributed by atoms with Gasteiger partial charge in [-0.05, 0) is 23.8 Å². The van der Waals surface area contributed by atoms with E-state index < -0.39 is 18.2 Å². The van der Waals surface area contributed by atoms with Crippen LogP contribution in [0.25, 0.3) is 11.3 Å². The summed E-state index contributed by atoms with van der Waals surface area (Å²) in [6.07, 6.45) is -3.90. The Bertz CT molecular complexity index is 767. The van der Waals surface area contributed by atoms with E-state index in [1.165, 1.54) is 18.3 Å². The molecular formula is C14H6Cl3F3N2. The van der Waals surface area contributed by atoms with Crippen molar-refractivity contribution in [1.82, 2.24) is 4.98 Å². The standard InChI is InChI=1S/C14H6Cl3F3N2/c15-9-2-1-8(11(16)12(9)17)13-10(14(18,19)20)7(3-5-21)4-6-22-13/h1-2,4,6H,3H2. The first-order valence-corrected chi connectivity index (χ1v) is 6.96. The molecule has 0 radical (unpaired) electrons. The Hall–Kier alpha value is -1.48. The van der Waals surface area contributed by atoms with Crippen molar-refractivity contribution in [3.8, 4) is 17.3 Å². The molecule has 0 spiro atoms. The van der Waals surface area contributed by atoms with Crippen molar-refractivity contribution in [2.45, 2.75) is 12.6 Å². The highest BCUT2D eigenvalue weighted by Gasteiger charge is 2.37. The molecule has 0 aliphatic rings. The molecule has 0 bridgehead atoms. The summed E-state index contributed by atoms with van der Waals surface area (Å²) >= 11 is 17.7. The van der Waals surface area contributed by atoms with Gasteiger partial charge in [-0.15, -0.1) is 0 Å². The second-order valence-corrected chi connectivity index (χ2v) is 5.41. The number of nitriles is 1. The lowest BCUT2D eigenvalue weighted by Gasteiger charge is -2.16. The molecule has 0 fully saturated rings. The third-order valence-corrected chi connectivity index (χ3v) is 4.17. The van der Waals surface area contributed by atoms with Gasteiger partial charge in [-0.3, -0.25) is 4.98 Å². The monoisotopic (exact) mass is 364 g/mol. The second-order valence-electron chi connectivity index (χ2n) is 4.25. The van der Waals surface area contributed by atoms with E-state index in [0.717, 1.165) is 6.07 Å². The van der Waals surface area contributed by atoms with Crippen LogP contribution in [0, 0.1) is 11.3 Å². The molecule has 22 heavy (non-hydrogen) atoms. The van der Waals surface area contributed by atoms with Crippen LogP contribution in [0.4, 0.5) is 13.2 Å². The van der Waals surface area contributed by atoms with Crippen LogP contribution in [0.1, 0.15) is 11.1 Å². The molecule has 2 rings (SSSR count). The maximum absolute atomic E-state index is 13.4. The van der Waals surface area contributed by atoms with Gasteiger partial charge in [0, 0.05) is 11.8 Å². The quantitative estimate of drug-likeness (QED) is 0.631. The average Bonchev–Trinajstić information content (AvgIpc) is 2.44. The number of hydrogen-bond acceptors (Lipinski definition) is 2. The van der Waals surface area contributed by atoms with Gasteiger partial charge < -0.3 is 0 Å². The van der Waals surface area contributed by atoms with Crippen LogP contribution in [0.5, 0.6) is 0 Å². The summed E-state index contributed by atoms with van der Waals surface area (Å²) < 4.78 is 40.1. The van der Waals surface area contributed by atoms with E-state index in [9.17, 15) is 13.2 Å². The fourth-order valence-electron chi connectivity index (χ4n) is 1.96. The zero-order valence-electron chi connectivity index (χ0n) is 10.7. The lowest BCUT2D eigenvalue weighted by Crippen LogP contribution is -2.12. The second kappa shape index (κ2) is 6.33. The highest BCUT2D eigenvalue weighted by atomic mass is 35.5. The summed E-state index contributed by atoms with van der Waals surface area (Å²) in [5, 5.41) is 8.65. The maximum atomic E-state index is 13.4. The Balaban J connectivity index is 2.80. The minimum Gasteiger partial charge on any atom is -0.256 e. The summed E-state index contributed by atoms with van der Waals surface area (Å²) in [5.74, 6) is 0. The first kappa shape index (κ1) is 16.9. The number of halogens is 6. The smallest absolute Gasteiger partial charge is 0.256 e. The van der Waals surface area contributed by atoms with Gasteiger partial charge in [0.2, 0.25) is 0 Å². The van der Waals surface area contributed by atoms with Crippen molar-refractivity contribution in [2.24, 2.45) is 0 Å². The van der Waals surface area contributed by atoms with Crippen LogP contribution in [0.3, 0.4) is 0 Å². The van der Waals surface area contributed by atoms with Crippen molar-refractivity contribution < 1.29 is 13.2 Å². The molecule has 1 heterocycles. The van der Waals surface area contributed by atoms with Crippen LogP contribution in [0.15, 0.2) is 24.4 Å². The summed E-state index contributed by atoms with van der Waals surface area (Å²) in [7, 11) is 0. The number of alkyl halides is 3. The molecule has 8 heteroatoms. The van der Waals surface area contributed by atoms with Crippen LogP contribution in [0.2, 0.25) is 15.1 Å². The Kier molecular flexibility index (Phi) is 4.86. The molecule has 0 atom stereocenters. The van der Waals surface area contributed by atoms with Crippen molar-refractivity contribution >= 4 is 34.8 Å². The minimum atomic E-state index is -4.69. The fourth-order valence-corrected chi connectivity index (χ4v) is 2.59. The molecule has 0 saturated carbocycles. The van der Waals surface area contributed by atoms with Crippen LogP contribution < -0.4 is 0 Å². The number of aromatic nitrogens is 1. The summed E-state index contributed by atoms with van der Waals surface area (Å²) in [4.78, 5) is 3.77. The van der Waals surface area contributed by atoms with Gasteiger partial charge in [0.25, 0.3) is 0 Å². The van der Waals surface area contributed by atoms with Gasteiger partial charge in [-0.25, -0.2) is 0 Å². The van der Waals surface area contributed by atoms with E-state index in [4.69, 9.17) is 40.1 Å². The SMILES string of the molecule is N#CCc1ccnc(-c2ccc(Cl)c(Cl)c2Cl)c1C(F)(F)F. The summed E-state index contributed by atoms with van der Waals surface area (Å²) in [5.41, 5.74) is -1.56. The molecule has 0 saturated heterocycles. The van der Waals surface area contributed by atoms with E-state index in [-0.39, 0.29) is 31.9 Å². The molecule has 2 nitrogen and oxygen atoms in total. The predicted octanol–water partition coefficient (Wildman–Crippen LogP) is 5.79. The van der Waals surface area contributed by atoms with Crippen molar-refractivity contribution in [2.75, 3.05) is 0 Å². The molecule has 0 aliphatic carbocycles. The van der Waals surface area contributed by atoms with Crippen molar-refractivity contribution in [3.05, 3.63) is 50.6 Å². The number of rotatable bonds is 2. The topological polar surface area (TPSA) is 36.7 Å². The van der Waals surface area contributed by atoms with E-state index in [2.05, 4.69) is 4.98 Å². The van der Waals surface area contributed by atoms with E-state index in [1.807, 2.05) is 0 Å². The van der Waals surface area contributed by atoms with Gasteiger partial charge in [-0.1, -0.05) is 34.8 Å². The fraction of sp³-hybridized carbons (Fsp3) is 0.143. The van der Waals surface area contributed by atoms with Gasteiger partial charge in [0.1, 0.15) is 0 Å². The third kappa shape index (κ3) is 3.14. The normalized spacial score (nSPS) is 11.3. The van der Waals surface area contributed by atoms with E-state index in [1.54, 1.807) is 6.07 Å². The highest BCUT2D eigenvalue weighted by molar-refractivity contribution is 6.49. The van der Waals surface area contributed by atoms with Gasteiger partial charge >= 0.3 is 6.18 Å². The number of nitrogens with zero attached hydrogens (tertiary/aromatic N) is 2. The molecule has 1 aromatic carbocycles. The Morgan fingerprint density at radius 2 is 1.77 bits per heavy atom. The molecule has 2 aromatic rings. The molecule has 0 N–H and O–H groups in total. The first-order chi connectivity index (χ1) is 10.3. The largest absolute Gasteiger partial charge is 0.418 e. The highest BCUT2D eigenvalue weighted by Crippen LogP contribution is 2.43. The zero-order chi connectivity index (χ0) is 16.5. The Morgan fingerprint density at radius 3 is 2.36 bits per heavy atom. The average molecular weight is 366 g/mol. The lowest BCUT2D eigenvalue weighted by molar-refractivity contribution is -0.137. The van der Waals surface area contributed by atoms with Gasteiger partial charge in [-0.2, -0.15) is 18.4 Å². The molecule has 0 unspecified atom stereocenters. The Morgan fingerprint density at radius 1 is 1.09 bits per heavy atom. The van der Waals surface area contributed by atoms with Crippen LogP contribution in [-0.4, -0.2) is 4.98 Å². The lowest BCUT2D eigenvalue weighted by atomic mass is 9.99. The van der Waals surface area contributed by atoms with Gasteiger partial charge in [0.05, 0.1) is 38.8 Å². The van der Waals surface area contributed by atoms with Crippen LogP contribution in [-0.2, 0) is 12.6 Å². The summed E-state index contributed by atoms with van der Waals surface area (Å²) in [6, 6.07) is 5.50. The zero-order valence-corrected chi connectivity index (χ0v) is 12.9. The molecule has 0 amide bonds. The maximum Gasteiger partial charge on any atom is 0.418 e. The molecule has 1 aromatic heterocycles. The van der Waals surface area contributed by atoms with Crippen molar-refractivity contribution in [3.63, 3.8) is 0 Å². The van der Waals surface area contributed by atoms with Crippen LogP contribution >= 0.6 is 34.8 Å². The van der Waals surface area contributed by atoms with E-state index >= 15 is 0 Å². The number of pyridine rings is 1. The first-order valence-electron chi connectivity index (χ1n) is 5.83. The predicted molar refractivity (Wildman–Crippen MR) is 79.0 cm³/mol. The van der Waals surface area contributed by atoms with Gasteiger partial charge in [0.15, 0.2) is 0 Å². The molecule has 114 valence electrons. The molecular weight excluding hydrogens is 360 g/mol. The van der Waals surface area contributed by atoms with Crippen molar-refractivity contribution in [1.29, 1.82) is 5.26 Å². The number of benzene rings is 1. The summed E-state index contributed by atoms with van der Waals surface area (Å²) in [6.45, 7) is 0. The van der Waals surface area contributed by atoms with E-state index in [0.29, 0.717) is 0 Å². The third-order valence-electron chi connectivity index (χ3n) is 2.88. The Labute approximate surface area is 139 Å². The molecule has 0 aliphatic heterocycles.